The molecule has 0 saturated carbocycles. The third-order valence-corrected chi connectivity index (χ3v) is 5.71. The van der Waals surface area contributed by atoms with Crippen LogP contribution in [-0.4, -0.2) is 19.1 Å². The highest BCUT2D eigenvalue weighted by atomic mass is 35.5. The Hall–Kier alpha value is -3.70. The molecule has 5 rings (SSSR count). The topological polar surface area (TPSA) is 52.7 Å². The molecule has 0 fully saturated rings. The van der Waals surface area contributed by atoms with Crippen molar-refractivity contribution in [2.75, 3.05) is 0 Å². The molecule has 5 aromatic rings. The fraction of sp³-hybridized carbons (Fsp3) is 0.115. The van der Waals surface area contributed by atoms with E-state index in [1.165, 1.54) is 6.20 Å². The van der Waals surface area contributed by atoms with E-state index in [1.54, 1.807) is 22.8 Å². The summed E-state index contributed by atoms with van der Waals surface area (Å²) >= 11 is 6.02. The molecule has 0 amide bonds. The van der Waals surface area contributed by atoms with Crippen LogP contribution in [0.15, 0.2) is 90.0 Å². The first-order valence-corrected chi connectivity index (χ1v) is 10.8. The summed E-state index contributed by atoms with van der Waals surface area (Å²) in [7, 11) is 0. The molecule has 3 heterocycles. The number of rotatable bonds is 4. The normalized spacial score (nSPS) is 11.4. The van der Waals surface area contributed by atoms with Gasteiger partial charge in [-0.1, -0.05) is 48.0 Å². The van der Waals surface area contributed by atoms with Gasteiger partial charge in [-0.3, -0.25) is 4.79 Å². The average Bonchev–Trinajstić information content (AvgIpc) is 3.30. The van der Waals surface area contributed by atoms with E-state index >= 15 is 0 Å². The molecule has 158 valence electrons. The lowest BCUT2D eigenvalue weighted by Gasteiger charge is -2.15. The molecule has 0 aliphatic carbocycles. The molecule has 5 nitrogen and oxygen atoms in total. The molecular formula is C26H21ClN4O. The Balaban J connectivity index is 1.70. The van der Waals surface area contributed by atoms with E-state index in [9.17, 15) is 4.79 Å². The average molecular weight is 441 g/mol. The van der Waals surface area contributed by atoms with E-state index in [2.05, 4.69) is 53.9 Å². The van der Waals surface area contributed by atoms with Crippen molar-refractivity contribution in [2.45, 2.75) is 19.9 Å². The van der Waals surface area contributed by atoms with Crippen LogP contribution in [0.5, 0.6) is 0 Å². The second-order valence-electron chi connectivity index (χ2n) is 7.90. The minimum Gasteiger partial charge on any atom is -0.345 e. The molecule has 0 unspecified atom stereocenters. The van der Waals surface area contributed by atoms with Crippen LogP contribution in [0.3, 0.4) is 0 Å². The number of aromatic nitrogens is 4. The summed E-state index contributed by atoms with van der Waals surface area (Å²) in [5.41, 5.74) is 3.56. The number of hydrogen-bond donors (Lipinski definition) is 0. The summed E-state index contributed by atoms with van der Waals surface area (Å²) in [6.07, 6.45) is 3.62. The van der Waals surface area contributed by atoms with Crippen LogP contribution in [-0.2, 0) is 0 Å². The van der Waals surface area contributed by atoms with Crippen molar-refractivity contribution < 1.29 is 0 Å². The standard InChI is InChI=1S/C26H21ClN4O/c1-17(2)30-15-5-8-23(30)18-9-11-19(12-10-18)25-29-22-7-4-3-6-21(22)26(32)31(25)24-14-13-20(27)16-28-24/h3-17H,1-2H3. The lowest BCUT2D eigenvalue weighted by Crippen LogP contribution is -2.22. The monoisotopic (exact) mass is 440 g/mol. The molecular weight excluding hydrogens is 420 g/mol. The molecule has 0 atom stereocenters. The SMILES string of the molecule is CC(C)n1cccc1-c1ccc(-c2nc3ccccc3c(=O)n2-c2ccc(Cl)cn2)cc1. The van der Waals surface area contributed by atoms with Crippen molar-refractivity contribution in [2.24, 2.45) is 0 Å². The van der Waals surface area contributed by atoms with Gasteiger partial charge in [0.25, 0.3) is 5.56 Å². The molecule has 0 N–H and O–H groups in total. The zero-order chi connectivity index (χ0) is 22.2. The van der Waals surface area contributed by atoms with Crippen molar-refractivity contribution in [1.82, 2.24) is 19.1 Å². The number of para-hydroxylation sites is 1. The Kier molecular flexibility index (Phi) is 5.11. The molecule has 0 radical (unpaired) electrons. The summed E-state index contributed by atoms with van der Waals surface area (Å²) in [5.74, 6) is 1.01. The maximum absolute atomic E-state index is 13.4. The zero-order valence-electron chi connectivity index (χ0n) is 17.7. The molecule has 6 heteroatoms. The Labute approximate surface area is 190 Å². The quantitative estimate of drug-likeness (QED) is 0.336. The lowest BCUT2D eigenvalue weighted by atomic mass is 10.1. The van der Waals surface area contributed by atoms with Gasteiger partial charge in [0.15, 0.2) is 0 Å². The number of pyridine rings is 1. The second kappa shape index (κ2) is 8.09. The first-order chi connectivity index (χ1) is 15.5. The van der Waals surface area contributed by atoms with Gasteiger partial charge in [-0.15, -0.1) is 0 Å². The Morgan fingerprint density at radius 3 is 2.34 bits per heavy atom. The molecule has 2 aromatic carbocycles. The highest BCUT2D eigenvalue weighted by molar-refractivity contribution is 6.30. The largest absolute Gasteiger partial charge is 0.345 e. The van der Waals surface area contributed by atoms with E-state index in [1.807, 2.05) is 30.3 Å². The van der Waals surface area contributed by atoms with Gasteiger partial charge in [-0.05, 0) is 55.8 Å². The van der Waals surface area contributed by atoms with Crippen molar-refractivity contribution in [1.29, 1.82) is 0 Å². The summed E-state index contributed by atoms with van der Waals surface area (Å²) < 4.78 is 3.78. The Morgan fingerprint density at radius 2 is 1.62 bits per heavy atom. The van der Waals surface area contributed by atoms with E-state index in [0.717, 1.165) is 16.8 Å². The minimum atomic E-state index is -0.168. The van der Waals surface area contributed by atoms with Crippen LogP contribution in [0.2, 0.25) is 5.02 Å². The van der Waals surface area contributed by atoms with Crippen LogP contribution in [0.25, 0.3) is 39.4 Å². The Bertz CT molecular complexity index is 1470. The summed E-state index contributed by atoms with van der Waals surface area (Å²) in [6, 6.07) is 23.4. The molecule has 3 aromatic heterocycles. The van der Waals surface area contributed by atoms with Crippen LogP contribution in [0.4, 0.5) is 0 Å². The maximum Gasteiger partial charge on any atom is 0.267 e. The van der Waals surface area contributed by atoms with E-state index in [0.29, 0.717) is 33.6 Å². The summed E-state index contributed by atoms with van der Waals surface area (Å²) in [4.78, 5) is 22.6. The first-order valence-electron chi connectivity index (χ1n) is 10.4. The number of fused-ring (bicyclic) bond motifs is 1. The van der Waals surface area contributed by atoms with Gasteiger partial charge in [0.05, 0.1) is 15.9 Å². The highest BCUT2D eigenvalue weighted by Crippen LogP contribution is 2.27. The van der Waals surface area contributed by atoms with Gasteiger partial charge in [0.1, 0.15) is 11.6 Å². The van der Waals surface area contributed by atoms with Crippen LogP contribution < -0.4 is 5.56 Å². The lowest BCUT2D eigenvalue weighted by molar-refractivity contribution is 0.610. The summed E-state index contributed by atoms with van der Waals surface area (Å²) in [6.45, 7) is 4.32. The van der Waals surface area contributed by atoms with Crippen molar-refractivity contribution in [3.8, 4) is 28.5 Å². The van der Waals surface area contributed by atoms with E-state index < -0.39 is 0 Å². The predicted molar refractivity (Wildman–Crippen MR) is 129 cm³/mol. The minimum absolute atomic E-state index is 0.168. The fourth-order valence-corrected chi connectivity index (χ4v) is 4.03. The van der Waals surface area contributed by atoms with Crippen LogP contribution in [0, 0.1) is 0 Å². The molecule has 0 aliphatic heterocycles. The van der Waals surface area contributed by atoms with Crippen molar-refractivity contribution >= 4 is 22.5 Å². The number of hydrogen-bond acceptors (Lipinski definition) is 3. The number of nitrogens with zero attached hydrogens (tertiary/aromatic N) is 4. The third-order valence-electron chi connectivity index (χ3n) is 5.49. The van der Waals surface area contributed by atoms with E-state index in [4.69, 9.17) is 16.6 Å². The highest BCUT2D eigenvalue weighted by Gasteiger charge is 2.16. The molecule has 0 bridgehead atoms. The van der Waals surface area contributed by atoms with Gasteiger partial charge < -0.3 is 4.57 Å². The maximum atomic E-state index is 13.4. The number of halogens is 1. The van der Waals surface area contributed by atoms with Gasteiger partial charge in [0.2, 0.25) is 0 Å². The molecule has 0 saturated heterocycles. The third kappa shape index (κ3) is 3.51. The van der Waals surface area contributed by atoms with E-state index in [-0.39, 0.29) is 5.56 Å². The predicted octanol–water partition coefficient (Wildman–Crippen LogP) is 6.15. The van der Waals surface area contributed by atoms with Crippen LogP contribution in [0.1, 0.15) is 19.9 Å². The number of benzene rings is 2. The summed E-state index contributed by atoms with van der Waals surface area (Å²) in [5, 5.41) is 1.05. The molecule has 32 heavy (non-hydrogen) atoms. The fourth-order valence-electron chi connectivity index (χ4n) is 3.92. The van der Waals surface area contributed by atoms with Gasteiger partial charge >= 0.3 is 0 Å². The van der Waals surface area contributed by atoms with Crippen LogP contribution >= 0.6 is 11.6 Å². The van der Waals surface area contributed by atoms with Gasteiger partial charge in [0, 0.05) is 29.7 Å². The molecule has 0 aliphatic rings. The zero-order valence-corrected chi connectivity index (χ0v) is 18.5. The van der Waals surface area contributed by atoms with Crippen molar-refractivity contribution in [3.05, 3.63) is 101 Å². The first kappa shape index (κ1) is 20.2. The Morgan fingerprint density at radius 1 is 0.875 bits per heavy atom. The smallest absolute Gasteiger partial charge is 0.267 e. The van der Waals surface area contributed by atoms with Gasteiger partial charge in [-0.2, -0.15) is 0 Å². The van der Waals surface area contributed by atoms with Gasteiger partial charge in [-0.25, -0.2) is 14.5 Å². The molecule has 0 spiro atoms. The van der Waals surface area contributed by atoms with Crippen molar-refractivity contribution in [3.63, 3.8) is 0 Å². The second-order valence-corrected chi connectivity index (χ2v) is 8.34.